The van der Waals surface area contributed by atoms with E-state index in [1.54, 1.807) is 0 Å². The lowest BCUT2D eigenvalue weighted by atomic mass is 10.3. The number of hydrogen-bond donors (Lipinski definition) is 2. The van der Waals surface area contributed by atoms with E-state index < -0.39 is 6.89 Å². The van der Waals surface area contributed by atoms with Gasteiger partial charge in [0, 0.05) is 5.49 Å². The van der Waals surface area contributed by atoms with E-state index >= 15 is 0 Å². The highest BCUT2D eigenvalue weighted by Crippen LogP contribution is 2.42. The first-order valence-electron chi connectivity index (χ1n) is 4.03. The topological polar surface area (TPSA) is 0 Å². The maximum absolute atomic E-state index is 4.30. The number of unbranched alkanes of at least 4 members (excludes halogenated alkanes) is 2. The average molecular weight is 210 g/mol. The van der Waals surface area contributed by atoms with Gasteiger partial charge in [-0.25, -0.2) is 0 Å². The molecule has 0 aliphatic rings. The lowest BCUT2D eigenvalue weighted by Gasteiger charge is -2.15. The van der Waals surface area contributed by atoms with Crippen LogP contribution in [0.4, 0.5) is 0 Å². The minimum atomic E-state index is -0.874. The summed E-state index contributed by atoms with van der Waals surface area (Å²) in [6, 6.07) is 0. The molecule has 0 aromatic heterocycles. The Morgan fingerprint density at radius 3 is 2.27 bits per heavy atom. The first-order valence-corrected chi connectivity index (χ1v) is 8.09. The molecule has 0 aliphatic heterocycles. The highest BCUT2D eigenvalue weighted by atomic mass is 32.1. The van der Waals surface area contributed by atoms with Crippen LogP contribution in [0.3, 0.4) is 0 Å². The molecule has 0 fully saturated rings. The van der Waals surface area contributed by atoms with E-state index in [0.717, 1.165) is 11.2 Å². The molecular formula is C8H19PS2. The first-order chi connectivity index (χ1) is 5.12. The molecule has 68 valence electrons. The molecule has 1 atom stereocenters. The molecule has 0 aromatic carbocycles. The van der Waals surface area contributed by atoms with Crippen LogP contribution in [0.2, 0.25) is 0 Å². The van der Waals surface area contributed by atoms with Crippen LogP contribution in [-0.4, -0.2) is 30.4 Å². The van der Waals surface area contributed by atoms with Gasteiger partial charge in [0.25, 0.3) is 0 Å². The van der Waals surface area contributed by atoms with Crippen molar-refractivity contribution in [3.8, 4) is 0 Å². The molecule has 0 nitrogen and oxygen atoms in total. The zero-order valence-electron chi connectivity index (χ0n) is 7.29. The molecule has 0 aromatic rings. The normalized spacial score (nSPS) is 16.3. The van der Waals surface area contributed by atoms with Crippen LogP contribution in [0, 0.1) is 0 Å². The summed E-state index contributed by atoms with van der Waals surface area (Å²) in [6.07, 6.45) is 9.37. The Morgan fingerprint density at radius 2 is 1.82 bits per heavy atom. The first kappa shape index (κ1) is 12.0. The quantitative estimate of drug-likeness (QED) is 0.376. The molecule has 0 aliphatic carbocycles. The van der Waals surface area contributed by atoms with E-state index in [9.17, 15) is 0 Å². The molecule has 0 saturated carbocycles. The average Bonchev–Trinajstić information content (AvgIpc) is 1.99. The van der Waals surface area contributed by atoms with E-state index in [2.05, 4.69) is 38.2 Å². The second-order valence-corrected chi connectivity index (χ2v) is 8.53. The summed E-state index contributed by atoms with van der Waals surface area (Å²) in [4.78, 5) is 0. The Hall–Kier alpha value is 1.000. The van der Waals surface area contributed by atoms with Crippen molar-refractivity contribution >= 4 is 38.4 Å². The molecule has 0 N–H and O–H groups in total. The van der Waals surface area contributed by atoms with Gasteiger partial charge >= 0.3 is 0 Å². The number of thiol groups is 2. The van der Waals surface area contributed by atoms with Crippen molar-refractivity contribution in [1.82, 2.24) is 0 Å². The second kappa shape index (κ2) is 6.51. The smallest absolute Gasteiger partial charge is 0.00967 e. The fourth-order valence-corrected chi connectivity index (χ4v) is 2.63. The monoisotopic (exact) mass is 210 g/mol. The SMILES string of the molecule is C=P(C)(CS)CCCCCS. The second-order valence-electron chi connectivity index (χ2n) is 3.27. The van der Waals surface area contributed by atoms with Crippen LogP contribution < -0.4 is 0 Å². The lowest BCUT2D eigenvalue weighted by molar-refractivity contribution is 0.784. The van der Waals surface area contributed by atoms with Gasteiger partial charge in [-0.3, -0.25) is 0 Å². The van der Waals surface area contributed by atoms with Gasteiger partial charge in [0.05, 0.1) is 0 Å². The van der Waals surface area contributed by atoms with E-state index in [0.29, 0.717) is 0 Å². The van der Waals surface area contributed by atoms with Gasteiger partial charge in [-0.1, -0.05) is 6.42 Å². The molecule has 0 radical (unpaired) electrons. The van der Waals surface area contributed by atoms with Crippen molar-refractivity contribution in [1.29, 1.82) is 0 Å². The summed E-state index contributed by atoms with van der Waals surface area (Å²) in [5.41, 5.74) is 0.994. The van der Waals surface area contributed by atoms with Crippen molar-refractivity contribution in [3.05, 3.63) is 0 Å². The molecule has 3 heteroatoms. The molecule has 1 unspecified atom stereocenters. The number of hydrogen-bond acceptors (Lipinski definition) is 2. The zero-order valence-corrected chi connectivity index (χ0v) is 9.97. The van der Waals surface area contributed by atoms with Gasteiger partial charge in [-0.2, -0.15) is 25.3 Å². The lowest BCUT2D eigenvalue weighted by Crippen LogP contribution is -1.90. The maximum Gasteiger partial charge on any atom is 0.00967 e. The summed E-state index contributed by atoms with van der Waals surface area (Å²) < 4.78 is 0. The van der Waals surface area contributed by atoms with Gasteiger partial charge in [-0.05, 0) is 31.4 Å². The van der Waals surface area contributed by atoms with E-state index in [4.69, 9.17) is 0 Å². The van der Waals surface area contributed by atoms with E-state index in [-0.39, 0.29) is 0 Å². The molecule has 0 saturated heterocycles. The Balaban J connectivity index is 3.31. The summed E-state index contributed by atoms with van der Waals surface area (Å²) in [5.74, 6) is 1.02. The number of rotatable bonds is 6. The highest BCUT2D eigenvalue weighted by molar-refractivity contribution is 7.93. The van der Waals surface area contributed by atoms with Crippen molar-refractivity contribution in [2.24, 2.45) is 0 Å². The standard InChI is InChI=1S/C8H19PS2/c1-9(2,8-11)6-4-3-5-7-10/h10-11H,1,3-8H2,2H3. The minimum Gasteiger partial charge on any atom is -0.179 e. The van der Waals surface area contributed by atoms with Crippen molar-refractivity contribution in [2.45, 2.75) is 19.3 Å². The van der Waals surface area contributed by atoms with Crippen LogP contribution in [0.5, 0.6) is 0 Å². The molecular weight excluding hydrogens is 191 g/mol. The van der Waals surface area contributed by atoms with Crippen LogP contribution in [0.1, 0.15) is 19.3 Å². The largest absolute Gasteiger partial charge is 0.179 e. The van der Waals surface area contributed by atoms with Crippen LogP contribution in [0.15, 0.2) is 0 Å². The highest BCUT2D eigenvalue weighted by Gasteiger charge is 2.03. The Labute approximate surface area is 81.9 Å². The van der Waals surface area contributed by atoms with Gasteiger partial charge in [-0.15, -0.1) is 13.2 Å². The van der Waals surface area contributed by atoms with E-state index in [1.807, 2.05) is 0 Å². The molecule has 0 rings (SSSR count). The van der Waals surface area contributed by atoms with Gasteiger partial charge < -0.3 is 0 Å². The zero-order chi connectivity index (χ0) is 8.74. The minimum absolute atomic E-state index is 0.874. The summed E-state index contributed by atoms with van der Waals surface area (Å²) in [5, 5.41) is 0. The molecule has 11 heavy (non-hydrogen) atoms. The molecule has 0 heterocycles. The fraction of sp³-hybridized carbons (Fsp3) is 0.875. The predicted octanol–water partition coefficient (Wildman–Crippen LogP) is 3.05. The summed E-state index contributed by atoms with van der Waals surface area (Å²) >= 11 is 8.47. The van der Waals surface area contributed by atoms with Gasteiger partial charge in [0.2, 0.25) is 0 Å². The maximum atomic E-state index is 4.30. The third kappa shape index (κ3) is 7.36. The summed E-state index contributed by atoms with van der Waals surface area (Å²) in [6.45, 7) is 1.40. The Kier molecular flexibility index (Phi) is 7.10. The Morgan fingerprint density at radius 1 is 1.18 bits per heavy atom. The summed E-state index contributed by atoms with van der Waals surface area (Å²) in [7, 11) is 0. The van der Waals surface area contributed by atoms with Crippen molar-refractivity contribution in [3.63, 3.8) is 0 Å². The van der Waals surface area contributed by atoms with Crippen LogP contribution in [0.25, 0.3) is 0 Å². The Bertz CT molecular complexity index is 134. The van der Waals surface area contributed by atoms with Crippen LogP contribution >= 0.6 is 32.1 Å². The van der Waals surface area contributed by atoms with Crippen molar-refractivity contribution < 1.29 is 0 Å². The van der Waals surface area contributed by atoms with E-state index in [1.165, 1.54) is 25.4 Å². The third-order valence-corrected chi connectivity index (χ3v) is 6.14. The predicted molar refractivity (Wildman–Crippen MR) is 66.4 cm³/mol. The molecule has 0 spiro atoms. The third-order valence-electron chi connectivity index (χ3n) is 1.70. The van der Waals surface area contributed by atoms with Gasteiger partial charge in [0.1, 0.15) is 0 Å². The van der Waals surface area contributed by atoms with Crippen molar-refractivity contribution in [2.75, 3.05) is 24.1 Å². The van der Waals surface area contributed by atoms with Crippen LogP contribution in [-0.2, 0) is 0 Å². The van der Waals surface area contributed by atoms with Gasteiger partial charge in [0.15, 0.2) is 0 Å². The fourth-order valence-electron chi connectivity index (χ4n) is 0.853. The molecule has 0 amide bonds. The molecule has 0 bridgehead atoms.